The van der Waals surface area contributed by atoms with E-state index in [4.69, 9.17) is 88.6 Å². The van der Waals surface area contributed by atoms with Crippen LogP contribution in [0.1, 0.15) is 113 Å². The van der Waals surface area contributed by atoms with E-state index in [0.29, 0.717) is 0 Å². The predicted molar refractivity (Wildman–Crippen MR) is 191 cm³/mol. The summed E-state index contributed by atoms with van der Waals surface area (Å²) in [6.45, 7) is 8.18. The maximum atomic E-state index is 13.1. The zero-order valence-electron chi connectivity index (χ0n) is 27.3. The number of unbranched alkanes of at least 4 members (excludes halogenated alkanes) is 6. The van der Waals surface area contributed by atoms with Crippen LogP contribution in [-0.4, -0.2) is 37.1 Å². The summed E-state index contributed by atoms with van der Waals surface area (Å²) < 4.78 is 21.2. The Hall–Kier alpha value is -1.94. The van der Waals surface area contributed by atoms with E-state index in [2.05, 4.69) is 13.8 Å². The van der Waals surface area contributed by atoms with Crippen molar-refractivity contribution in [2.45, 2.75) is 91.9 Å². The molecule has 2 aromatic rings. The first-order chi connectivity index (χ1) is 22.7. The minimum absolute atomic E-state index is 0.0334. The minimum atomic E-state index is -1.64. The highest BCUT2D eigenvalue weighted by molar-refractivity contribution is 6.47. The fourth-order valence-electron chi connectivity index (χ4n) is 4.58. The first-order valence-corrected chi connectivity index (χ1v) is 18.1. The van der Waals surface area contributed by atoms with Gasteiger partial charge in [-0.15, -0.1) is 0 Å². The molecule has 2 rings (SSSR count). The third-order valence-corrected chi connectivity index (χ3v) is 9.45. The molecular formula is C34H40Cl6O8. The summed E-state index contributed by atoms with van der Waals surface area (Å²) in [6, 6.07) is 2.25. The molecule has 14 heteroatoms. The number of halogens is 6. The van der Waals surface area contributed by atoms with Crippen LogP contribution in [0, 0.1) is 11.8 Å². The number of esters is 4. The van der Waals surface area contributed by atoms with Gasteiger partial charge in [0.1, 0.15) is 11.1 Å². The maximum Gasteiger partial charge on any atom is 0.423 e. The van der Waals surface area contributed by atoms with E-state index in [-0.39, 0.29) is 55.2 Å². The summed E-state index contributed by atoms with van der Waals surface area (Å²) in [5.74, 6) is -6.33. The number of hydrogen-bond acceptors (Lipinski definition) is 8. The van der Waals surface area contributed by atoms with Gasteiger partial charge in [-0.05, 0) is 36.8 Å². The van der Waals surface area contributed by atoms with Crippen LogP contribution in [0.3, 0.4) is 0 Å². The first-order valence-electron chi connectivity index (χ1n) is 15.9. The molecular weight excluding hydrogens is 749 g/mol. The van der Waals surface area contributed by atoms with Crippen molar-refractivity contribution < 1.29 is 38.1 Å². The average molecular weight is 789 g/mol. The van der Waals surface area contributed by atoms with E-state index < -0.39 is 46.5 Å². The molecule has 0 spiro atoms. The van der Waals surface area contributed by atoms with Gasteiger partial charge in [0.15, 0.2) is 11.5 Å². The molecule has 0 aliphatic heterocycles. The average Bonchev–Trinajstić information content (AvgIpc) is 3.04. The summed E-state index contributed by atoms with van der Waals surface area (Å²) in [4.78, 5) is 52.2. The summed E-state index contributed by atoms with van der Waals surface area (Å²) >= 11 is 37.4. The smallest absolute Gasteiger partial charge is 0.423 e. The topological polar surface area (TPSA) is 105 Å². The van der Waals surface area contributed by atoms with E-state index in [1.165, 1.54) is 0 Å². The lowest BCUT2D eigenvalue weighted by molar-refractivity contribution is -0.156. The predicted octanol–water partition coefficient (Wildman–Crippen LogP) is 11.6. The third kappa shape index (κ3) is 12.7. The van der Waals surface area contributed by atoms with E-state index in [1.807, 2.05) is 13.8 Å². The standard InChI is InChI=1S/C34H40Cl6O8/c1-5-7-9-11-13-19(3)17-45-31(41)25-27(39)21(35)15-23(37)29(25)47-33(43)34(44)48-30-24(38)16-22(36)28(40)26(30)32(42)46-18-20(4)14-12-10-8-6-2/h15-16,19-20H,5-14,17-18H2,1-4H3. The Morgan fingerprint density at radius 2 is 0.917 bits per heavy atom. The lowest BCUT2D eigenvalue weighted by Gasteiger charge is -2.17. The molecule has 2 aromatic carbocycles. The molecule has 266 valence electrons. The van der Waals surface area contributed by atoms with Crippen LogP contribution in [0.2, 0.25) is 30.1 Å². The van der Waals surface area contributed by atoms with Gasteiger partial charge < -0.3 is 18.9 Å². The fourth-order valence-corrected chi connectivity index (χ4v) is 6.01. The van der Waals surface area contributed by atoms with Crippen molar-refractivity contribution >= 4 is 93.5 Å². The Kier molecular flexibility index (Phi) is 18.8. The monoisotopic (exact) mass is 786 g/mol. The Labute approximate surface area is 311 Å². The highest BCUT2D eigenvalue weighted by atomic mass is 35.5. The van der Waals surface area contributed by atoms with Crippen LogP contribution in [0.5, 0.6) is 11.5 Å². The molecule has 0 amide bonds. The van der Waals surface area contributed by atoms with Crippen molar-refractivity contribution in [1.29, 1.82) is 0 Å². The summed E-state index contributed by atoms with van der Waals surface area (Å²) in [5.41, 5.74) is -0.927. The normalized spacial score (nSPS) is 12.3. The van der Waals surface area contributed by atoms with Crippen molar-refractivity contribution in [3.63, 3.8) is 0 Å². The molecule has 0 aromatic heterocycles. The van der Waals surface area contributed by atoms with E-state index in [0.717, 1.165) is 76.3 Å². The number of ether oxygens (including phenoxy) is 4. The Balaban J connectivity index is 2.24. The molecule has 0 fully saturated rings. The number of carbonyl (C=O) groups excluding carboxylic acids is 4. The minimum Gasteiger partial charge on any atom is -0.462 e. The van der Waals surface area contributed by atoms with Crippen LogP contribution in [0.15, 0.2) is 12.1 Å². The second-order valence-electron chi connectivity index (χ2n) is 11.6. The Bertz CT molecular complexity index is 1340. The zero-order chi connectivity index (χ0) is 36.0. The van der Waals surface area contributed by atoms with E-state index in [9.17, 15) is 19.2 Å². The second kappa shape index (κ2) is 21.3. The summed E-state index contributed by atoms with van der Waals surface area (Å²) in [6.07, 6.45) is 10.2. The summed E-state index contributed by atoms with van der Waals surface area (Å²) in [7, 11) is 0. The molecule has 48 heavy (non-hydrogen) atoms. The maximum absolute atomic E-state index is 13.1. The van der Waals surface area contributed by atoms with Crippen LogP contribution >= 0.6 is 69.6 Å². The van der Waals surface area contributed by atoms with Crippen molar-refractivity contribution in [2.75, 3.05) is 13.2 Å². The van der Waals surface area contributed by atoms with E-state index >= 15 is 0 Å². The van der Waals surface area contributed by atoms with Crippen LogP contribution < -0.4 is 9.47 Å². The van der Waals surface area contributed by atoms with Gasteiger partial charge in [-0.3, -0.25) is 0 Å². The number of hydrogen-bond donors (Lipinski definition) is 0. The van der Waals surface area contributed by atoms with Gasteiger partial charge in [-0.25, -0.2) is 19.2 Å². The SMILES string of the molecule is CCCCCCC(C)COC(=O)c1c(Cl)c(Cl)cc(Cl)c1OC(=O)C(=O)Oc1c(Cl)cc(Cl)c(Cl)c1C(=O)OCC(C)CCCCCC. The molecule has 0 aliphatic rings. The third-order valence-electron chi connectivity index (χ3n) is 7.32. The molecule has 0 N–H and O–H groups in total. The largest absolute Gasteiger partial charge is 0.462 e. The van der Waals surface area contributed by atoms with Gasteiger partial charge in [-0.2, -0.15) is 0 Å². The lowest BCUT2D eigenvalue weighted by Crippen LogP contribution is -2.27. The number of carbonyl (C=O) groups is 4. The van der Waals surface area contributed by atoms with Gasteiger partial charge in [0.25, 0.3) is 0 Å². The molecule has 2 unspecified atom stereocenters. The number of benzene rings is 2. The zero-order valence-corrected chi connectivity index (χ0v) is 31.9. The quantitative estimate of drug-likeness (QED) is 0.0483. The van der Waals surface area contributed by atoms with Crippen LogP contribution in [-0.2, 0) is 19.1 Å². The lowest BCUT2D eigenvalue weighted by atomic mass is 10.0. The van der Waals surface area contributed by atoms with Crippen LogP contribution in [0.4, 0.5) is 0 Å². The molecule has 0 saturated carbocycles. The Morgan fingerprint density at radius 1 is 0.562 bits per heavy atom. The van der Waals surface area contributed by atoms with Crippen LogP contribution in [0.25, 0.3) is 0 Å². The van der Waals surface area contributed by atoms with Crippen molar-refractivity contribution in [1.82, 2.24) is 0 Å². The van der Waals surface area contributed by atoms with Gasteiger partial charge in [0, 0.05) is 0 Å². The summed E-state index contributed by atoms with van der Waals surface area (Å²) in [5, 5.41) is -1.49. The highest BCUT2D eigenvalue weighted by Gasteiger charge is 2.32. The number of rotatable bonds is 18. The second-order valence-corrected chi connectivity index (χ2v) is 14.0. The molecule has 0 aliphatic carbocycles. The van der Waals surface area contributed by atoms with Gasteiger partial charge >= 0.3 is 23.9 Å². The Morgan fingerprint density at radius 3 is 1.25 bits per heavy atom. The molecule has 0 bridgehead atoms. The molecule has 0 heterocycles. The molecule has 0 radical (unpaired) electrons. The van der Waals surface area contributed by atoms with Crippen molar-refractivity contribution in [3.8, 4) is 11.5 Å². The van der Waals surface area contributed by atoms with E-state index in [1.54, 1.807) is 0 Å². The molecule has 8 nitrogen and oxygen atoms in total. The fraction of sp³-hybridized carbons (Fsp3) is 0.529. The van der Waals surface area contributed by atoms with Crippen molar-refractivity contribution in [2.24, 2.45) is 11.8 Å². The van der Waals surface area contributed by atoms with Crippen molar-refractivity contribution in [3.05, 3.63) is 53.4 Å². The highest BCUT2D eigenvalue weighted by Crippen LogP contribution is 2.42. The van der Waals surface area contributed by atoms with Gasteiger partial charge in [-0.1, -0.05) is 149 Å². The van der Waals surface area contributed by atoms with Gasteiger partial charge in [0.2, 0.25) is 0 Å². The molecule has 2 atom stereocenters. The first kappa shape index (κ1) is 42.2. The molecule has 0 saturated heterocycles. The van der Waals surface area contributed by atoms with Gasteiger partial charge in [0.05, 0.1) is 43.3 Å².